The molecule has 3 aliphatic heterocycles. The van der Waals surface area contributed by atoms with Crippen molar-refractivity contribution < 1.29 is 19.1 Å². The molecule has 0 radical (unpaired) electrons. The van der Waals surface area contributed by atoms with Crippen molar-refractivity contribution >= 4 is 34.7 Å². The van der Waals surface area contributed by atoms with Crippen LogP contribution in [0.25, 0.3) is 11.1 Å². The highest BCUT2D eigenvalue weighted by atomic mass is 16.5. The number of piperazine rings is 1. The van der Waals surface area contributed by atoms with Crippen molar-refractivity contribution in [3.05, 3.63) is 54.5 Å². The second-order valence-corrected chi connectivity index (χ2v) is 10.4. The van der Waals surface area contributed by atoms with Gasteiger partial charge in [-0.25, -0.2) is 4.98 Å². The minimum atomic E-state index is -0.164. The number of carbonyl (C=O) groups is 2. The van der Waals surface area contributed by atoms with Gasteiger partial charge in [-0.05, 0) is 37.6 Å². The number of aromatic nitrogens is 2. The molecule has 40 heavy (non-hydrogen) atoms. The van der Waals surface area contributed by atoms with Crippen LogP contribution in [-0.4, -0.2) is 73.1 Å². The number of hydrogen-bond donors (Lipinski definition) is 1. The molecule has 10 heteroatoms. The van der Waals surface area contributed by atoms with Gasteiger partial charge in [-0.3, -0.25) is 14.6 Å². The predicted octanol–water partition coefficient (Wildman–Crippen LogP) is 4.15. The van der Waals surface area contributed by atoms with Crippen molar-refractivity contribution in [3.8, 4) is 16.9 Å². The molecule has 0 saturated carbocycles. The Morgan fingerprint density at radius 1 is 1.05 bits per heavy atom. The second kappa shape index (κ2) is 11.1. The van der Waals surface area contributed by atoms with Gasteiger partial charge in [0, 0.05) is 80.9 Å². The summed E-state index contributed by atoms with van der Waals surface area (Å²) in [5.41, 5.74) is 5.79. The second-order valence-electron chi connectivity index (χ2n) is 10.4. The van der Waals surface area contributed by atoms with Gasteiger partial charge in [0.1, 0.15) is 17.7 Å². The van der Waals surface area contributed by atoms with E-state index in [1.54, 1.807) is 13.3 Å². The Morgan fingerprint density at radius 2 is 1.90 bits per heavy atom. The molecule has 1 N–H and O–H groups in total. The fraction of sp³-hybridized carbons (Fsp3) is 0.400. The normalized spacial score (nSPS) is 18.3. The molecule has 208 valence electrons. The van der Waals surface area contributed by atoms with Gasteiger partial charge < -0.3 is 29.5 Å². The lowest BCUT2D eigenvalue weighted by atomic mass is 9.94. The van der Waals surface area contributed by atoms with Crippen LogP contribution in [0.4, 0.5) is 22.9 Å². The van der Waals surface area contributed by atoms with Gasteiger partial charge in [-0.2, -0.15) is 0 Å². The summed E-state index contributed by atoms with van der Waals surface area (Å²) in [6.07, 6.45) is 7.26. The van der Waals surface area contributed by atoms with E-state index in [1.165, 1.54) is 0 Å². The van der Waals surface area contributed by atoms with E-state index < -0.39 is 0 Å². The van der Waals surface area contributed by atoms with Gasteiger partial charge in [0.25, 0.3) is 0 Å². The predicted molar refractivity (Wildman–Crippen MR) is 153 cm³/mol. The first-order chi connectivity index (χ1) is 19.5. The molecule has 1 atom stereocenters. The van der Waals surface area contributed by atoms with Gasteiger partial charge in [-0.15, -0.1) is 0 Å². The van der Waals surface area contributed by atoms with Crippen LogP contribution in [0.5, 0.6) is 5.75 Å². The molecule has 3 aliphatic rings. The van der Waals surface area contributed by atoms with Crippen LogP contribution in [0.1, 0.15) is 37.9 Å². The number of pyridine rings is 2. The van der Waals surface area contributed by atoms with E-state index in [4.69, 9.17) is 14.5 Å². The van der Waals surface area contributed by atoms with Gasteiger partial charge in [0.2, 0.25) is 11.8 Å². The third-order valence-corrected chi connectivity index (χ3v) is 7.83. The van der Waals surface area contributed by atoms with Crippen LogP contribution >= 0.6 is 0 Å². The molecule has 2 fully saturated rings. The smallest absolute Gasteiger partial charge is 0.227 e. The van der Waals surface area contributed by atoms with Crippen LogP contribution in [0, 0.1) is 0 Å². The van der Waals surface area contributed by atoms with Crippen molar-refractivity contribution in [2.24, 2.45) is 0 Å². The number of methoxy groups -OCH3 is 1. The van der Waals surface area contributed by atoms with E-state index in [-0.39, 0.29) is 17.9 Å². The highest BCUT2D eigenvalue weighted by Crippen LogP contribution is 2.44. The molecule has 10 nitrogen and oxygen atoms in total. The number of nitrogens with one attached hydrogen (secondary N) is 1. The van der Waals surface area contributed by atoms with Crippen molar-refractivity contribution in [1.29, 1.82) is 0 Å². The van der Waals surface area contributed by atoms with E-state index in [9.17, 15) is 9.59 Å². The molecular weight excluding hydrogens is 508 g/mol. The highest BCUT2D eigenvalue weighted by Gasteiger charge is 2.27. The number of benzene rings is 1. The Labute approximate surface area is 233 Å². The molecule has 2 saturated heterocycles. The molecular formula is C30H34N6O4. The standard InChI is InChI=1S/C30H34N6O4/c1-20-25-16-28(32-19-26(25)24-6-5-22(15-27(24)40-20)36-8-3-4-30(36)38)33-21-14-23(18-31-17-21)34-9-11-35(12-10-34)29(37)7-13-39-2/h5-6,14-20H,3-4,7-13H2,1-2H3,(H,32,33)/t20-/m0/s1. The molecule has 3 aromatic rings. The van der Waals surface area contributed by atoms with Crippen LogP contribution in [0.2, 0.25) is 0 Å². The van der Waals surface area contributed by atoms with E-state index in [0.717, 1.165) is 65.6 Å². The number of carbonyl (C=O) groups excluding carboxylic acids is 2. The van der Waals surface area contributed by atoms with E-state index in [2.05, 4.69) is 21.3 Å². The van der Waals surface area contributed by atoms with E-state index in [1.807, 2.05) is 53.4 Å². The molecule has 1 aromatic carbocycles. The molecule has 2 amide bonds. The lowest BCUT2D eigenvalue weighted by Crippen LogP contribution is -2.49. The Hall–Kier alpha value is -4.18. The number of nitrogens with zero attached hydrogens (tertiary/aromatic N) is 5. The Morgan fingerprint density at radius 3 is 2.67 bits per heavy atom. The summed E-state index contributed by atoms with van der Waals surface area (Å²) in [5, 5.41) is 3.40. The first kappa shape index (κ1) is 26.1. The summed E-state index contributed by atoms with van der Waals surface area (Å²) >= 11 is 0. The van der Waals surface area contributed by atoms with E-state index in [0.29, 0.717) is 38.4 Å². The van der Waals surface area contributed by atoms with Crippen molar-refractivity contribution in [3.63, 3.8) is 0 Å². The quantitative estimate of drug-likeness (QED) is 0.475. The highest BCUT2D eigenvalue weighted by molar-refractivity contribution is 5.96. The fourth-order valence-corrected chi connectivity index (χ4v) is 5.65. The molecule has 0 unspecified atom stereocenters. The minimum Gasteiger partial charge on any atom is -0.485 e. The lowest BCUT2D eigenvalue weighted by molar-refractivity contribution is -0.132. The third-order valence-electron chi connectivity index (χ3n) is 7.83. The number of hydrogen-bond acceptors (Lipinski definition) is 8. The summed E-state index contributed by atoms with van der Waals surface area (Å²) in [4.78, 5) is 39.6. The molecule has 6 rings (SSSR count). The van der Waals surface area contributed by atoms with E-state index >= 15 is 0 Å². The number of amides is 2. The lowest BCUT2D eigenvalue weighted by Gasteiger charge is -2.36. The number of ether oxygens (including phenoxy) is 2. The molecule has 2 aromatic heterocycles. The zero-order valence-electron chi connectivity index (χ0n) is 22.9. The largest absolute Gasteiger partial charge is 0.485 e. The summed E-state index contributed by atoms with van der Waals surface area (Å²) in [6.45, 7) is 6.10. The van der Waals surface area contributed by atoms with Crippen molar-refractivity contribution in [1.82, 2.24) is 14.9 Å². The maximum atomic E-state index is 12.3. The first-order valence-corrected chi connectivity index (χ1v) is 13.9. The number of fused-ring (bicyclic) bond motifs is 3. The SMILES string of the molecule is COCCC(=O)N1CCN(c2cncc(Nc3cc4c(cn3)-c3ccc(N5CCCC5=O)cc3O[C@H]4C)c2)CC1. The zero-order chi connectivity index (χ0) is 27.6. The summed E-state index contributed by atoms with van der Waals surface area (Å²) < 4.78 is 11.3. The van der Waals surface area contributed by atoms with Gasteiger partial charge in [0.15, 0.2) is 0 Å². The molecule has 0 aliphatic carbocycles. The van der Waals surface area contributed by atoms with Crippen molar-refractivity contribution in [2.45, 2.75) is 32.3 Å². The number of rotatable bonds is 7. The summed E-state index contributed by atoms with van der Waals surface area (Å²) in [5.74, 6) is 1.79. The number of anilines is 4. The minimum absolute atomic E-state index is 0.136. The Kier molecular flexibility index (Phi) is 7.25. The van der Waals surface area contributed by atoms with Gasteiger partial charge in [-0.1, -0.05) is 0 Å². The first-order valence-electron chi connectivity index (χ1n) is 13.9. The van der Waals surface area contributed by atoms with Gasteiger partial charge in [0.05, 0.1) is 36.8 Å². The average Bonchev–Trinajstić information content (AvgIpc) is 3.41. The Balaban J connectivity index is 1.15. The molecule has 0 spiro atoms. The van der Waals surface area contributed by atoms with Crippen molar-refractivity contribution in [2.75, 3.05) is 61.6 Å². The summed E-state index contributed by atoms with van der Waals surface area (Å²) in [6, 6.07) is 10.1. The van der Waals surface area contributed by atoms with Crippen LogP contribution in [0.3, 0.4) is 0 Å². The molecule has 0 bridgehead atoms. The summed E-state index contributed by atoms with van der Waals surface area (Å²) in [7, 11) is 1.61. The van der Waals surface area contributed by atoms with Crippen LogP contribution in [0.15, 0.2) is 48.9 Å². The average molecular weight is 543 g/mol. The monoisotopic (exact) mass is 542 g/mol. The molecule has 5 heterocycles. The maximum Gasteiger partial charge on any atom is 0.227 e. The topological polar surface area (TPSA) is 100 Å². The fourth-order valence-electron chi connectivity index (χ4n) is 5.65. The maximum absolute atomic E-state index is 12.3. The Bertz CT molecular complexity index is 1420. The van der Waals surface area contributed by atoms with Crippen LogP contribution < -0.4 is 19.9 Å². The van der Waals surface area contributed by atoms with Gasteiger partial charge >= 0.3 is 0 Å². The third kappa shape index (κ3) is 5.19. The van der Waals surface area contributed by atoms with Crippen LogP contribution in [-0.2, 0) is 14.3 Å². The zero-order valence-corrected chi connectivity index (χ0v) is 22.9.